The summed E-state index contributed by atoms with van der Waals surface area (Å²) in [5.74, 6) is -0.550. The van der Waals surface area contributed by atoms with Crippen LogP contribution in [0.25, 0.3) is 0 Å². The van der Waals surface area contributed by atoms with Gasteiger partial charge in [-0.3, -0.25) is 4.79 Å². The molecule has 0 aliphatic carbocycles. The minimum Gasteiger partial charge on any atom is -0.459 e. The second-order valence-electron chi connectivity index (χ2n) is 4.95. The van der Waals surface area contributed by atoms with Crippen LogP contribution < -0.4 is 0 Å². The number of benzene rings is 1. The molecule has 0 saturated carbocycles. The summed E-state index contributed by atoms with van der Waals surface area (Å²) in [4.78, 5) is 26.4. The molecule has 1 atom stereocenters. The van der Waals surface area contributed by atoms with Gasteiger partial charge >= 0.3 is 5.97 Å². The van der Waals surface area contributed by atoms with Crippen molar-refractivity contribution >= 4 is 12.3 Å². The molecule has 0 fully saturated rings. The van der Waals surface area contributed by atoms with E-state index in [1.807, 2.05) is 0 Å². The predicted octanol–water partition coefficient (Wildman–Crippen LogP) is 2.22. The lowest BCUT2D eigenvalue weighted by molar-refractivity contribution is -0.368. The van der Waals surface area contributed by atoms with E-state index in [1.165, 1.54) is 6.07 Å². The van der Waals surface area contributed by atoms with Crippen LogP contribution in [-0.2, 0) is 19.7 Å². The number of rotatable bonds is 6. The Bertz CT molecular complexity index is 453. The Balaban J connectivity index is 2.66. The number of ether oxygens (including phenoxy) is 1. The van der Waals surface area contributed by atoms with Gasteiger partial charge in [0.1, 0.15) is 11.7 Å². The van der Waals surface area contributed by atoms with E-state index in [0.717, 1.165) is 0 Å². The van der Waals surface area contributed by atoms with E-state index in [2.05, 4.69) is 4.89 Å². The third-order valence-electron chi connectivity index (χ3n) is 2.53. The average Bonchev–Trinajstić information content (AvgIpc) is 2.38. The molecule has 0 bridgehead atoms. The third kappa shape index (κ3) is 4.81. The molecule has 0 aromatic heterocycles. The molecule has 0 aliphatic rings. The lowest BCUT2D eigenvalue weighted by Gasteiger charge is -2.23. The summed E-state index contributed by atoms with van der Waals surface area (Å²) in [5.41, 5.74) is -0.350. The van der Waals surface area contributed by atoms with E-state index < -0.39 is 17.7 Å². The molecule has 5 nitrogen and oxygen atoms in total. The van der Waals surface area contributed by atoms with Crippen molar-refractivity contribution in [1.29, 1.82) is 0 Å². The summed E-state index contributed by atoms with van der Waals surface area (Å²) in [6, 6.07) is 6.07. The minimum atomic E-state index is -0.905. The van der Waals surface area contributed by atoms with Crippen molar-refractivity contribution in [2.24, 2.45) is 0 Å². The summed E-state index contributed by atoms with van der Waals surface area (Å²) >= 11 is 0. The van der Waals surface area contributed by atoms with Gasteiger partial charge in [0.05, 0.1) is 5.56 Å². The molecule has 102 valence electrons. The topological polar surface area (TPSA) is 72.5 Å². The van der Waals surface area contributed by atoms with Gasteiger partial charge in [0, 0.05) is 12.0 Å². The number of carbonyl (C=O) groups excluding carboxylic acids is 2. The van der Waals surface area contributed by atoms with Crippen LogP contribution in [0.3, 0.4) is 0 Å². The maximum absolute atomic E-state index is 11.8. The van der Waals surface area contributed by atoms with Crippen LogP contribution in [0.4, 0.5) is 0 Å². The first-order valence-electron chi connectivity index (χ1n) is 5.88. The first-order valence-corrected chi connectivity index (χ1v) is 5.88. The summed E-state index contributed by atoms with van der Waals surface area (Å²) in [7, 11) is 0. The van der Waals surface area contributed by atoms with Crippen molar-refractivity contribution in [3.8, 4) is 0 Å². The van der Waals surface area contributed by atoms with E-state index in [9.17, 15) is 14.8 Å². The lowest BCUT2D eigenvalue weighted by Crippen LogP contribution is -2.29. The molecule has 1 rings (SSSR count). The molecule has 2 radical (unpaired) electrons. The van der Waals surface area contributed by atoms with E-state index >= 15 is 0 Å². The van der Waals surface area contributed by atoms with Crippen LogP contribution in [0, 0.1) is 0 Å². The number of esters is 1. The fourth-order valence-electron chi connectivity index (χ4n) is 1.73. The molecule has 5 heteroatoms. The Kier molecular flexibility index (Phi) is 5.20. The third-order valence-corrected chi connectivity index (χ3v) is 2.53. The Morgan fingerprint density at radius 1 is 1.42 bits per heavy atom. The molecule has 0 amide bonds. The molecule has 19 heavy (non-hydrogen) atoms. The molecule has 0 N–H and O–H groups in total. The molecule has 1 unspecified atom stereocenters. The van der Waals surface area contributed by atoms with Crippen LogP contribution in [-0.4, -0.2) is 24.0 Å². The molecular weight excluding hydrogens is 248 g/mol. The van der Waals surface area contributed by atoms with Crippen molar-refractivity contribution in [3.63, 3.8) is 0 Å². The number of hydrogen-bond donors (Lipinski definition) is 0. The highest BCUT2D eigenvalue weighted by Crippen LogP contribution is 2.18. The Morgan fingerprint density at radius 3 is 2.68 bits per heavy atom. The molecule has 0 saturated heterocycles. The summed E-state index contributed by atoms with van der Waals surface area (Å²) in [5, 5.41) is 10.4. The van der Waals surface area contributed by atoms with Gasteiger partial charge in [0.2, 0.25) is 6.29 Å². The van der Waals surface area contributed by atoms with Gasteiger partial charge in [-0.25, -0.2) is 4.79 Å². The minimum absolute atomic E-state index is 0.272. The van der Waals surface area contributed by atoms with E-state index in [1.54, 1.807) is 45.3 Å². The SMILES string of the molecule is CC(CC(C)(C)O[O])OC(=O)c1cccc([C]=O)c1. The number of hydrogen-bond acceptors (Lipinski definition) is 4. The van der Waals surface area contributed by atoms with Gasteiger partial charge in [-0.15, -0.1) is 0 Å². The second-order valence-corrected chi connectivity index (χ2v) is 4.95. The molecule has 1 aromatic carbocycles. The van der Waals surface area contributed by atoms with Crippen molar-refractivity contribution in [2.45, 2.75) is 38.9 Å². The maximum Gasteiger partial charge on any atom is 0.338 e. The molecular formula is C14H16O5. The predicted molar refractivity (Wildman–Crippen MR) is 66.6 cm³/mol. The van der Waals surface area contributed by atoms with Gasteiger partial charge in [-0.2, -0.15) is 4.89 Å². The quantitative estimate of drug-likeness (QED) is 0.448. The molecule has 0 heterocycles. The van der Waals surface area contributed by atoms with Crippen LogP contribution in [0.5, 0.6) is 0 Å². The Hall–Kier alpha value is -1.72. The lowest BCUT2D eigenvalue weighted by atomic mass is 10.0. The zero-order valence-electron chi connectivity index (χ0n) is 11.1. The smallest absolute Gasteiger partial charge is 0.338 e. The highest BCUT2D eigenvalue weighted by Gasteiger charge is 2.25. The summed E-state index contributed by atoms with van der Waals surface area (Å²) in [6.45, 7) is 4.91. The maximum atomic E-state index is 11.8. The van der Waals surface area contributed by atoms with Gasteiger partial charge in [-0.05, 0) is 38.2 Å². The first-order chi connectivity index (χ1) is 8.88. The highest BCUT2D eigenvalue weighted by molar-refractivity contribution is 5.91. The highest BCUT2D eigenvalue weighted by atomic mass is 17.1. The van der Waals surface area contributed by atoms with Crippen LogP contribution in [0.15, 0.2) is 24.3 Å². The fourth-order valence-corrected chi connectivity index (χ4v) is 1.73. The molecule has 0 aliphatic heterocycles. The van der Waals surface area contributed by atoms with Crippen molar-refractivity contribution < 1.29 is 24.5 Å². The normalized spacial score (nSPS) is 12.8. The zero-order valence-corrected chi connectivity index (χ0v) is 11.1. The molecule has 0 spiro atoms. The van der Waals surface area contributed by atoms with Crippen molar-refractivity contribution in [2.75, 3.05) is 0 Å². The Morgan fingerprint density at radius 2 is 2.11 bits per heavy atom. The summed E-state index contributed by atoms with van der Waals surface area (Å²) in [6.07, 6.45) is 1.51. The standard InChI is InChI=1S/C14H16O5/c1-10(8-14(2,3)19-17)18-13(16)12-6-4-5-11(7-12)9-15/h4-7,10H,8H2,1-3H3. The fraction of sp³-hybridized carbons (Fsp3) is 0.429. The van der Waals surface area contributed by atoms with Gasteiger partial charge in [-0.1, -0.05) is 12.1 Å². The average molecular weight is 264 g/mol. The van der Waals surface area contributed by atoms with Crippen molar-refractivity contribution in [1.82, 2.24) is 0 Å². The van der Waals surface area contributed by atoms with Crippen LogP contribution in [0.2, 0.25) is 0 Å². The second kappa shape index (κ2) is 6.45. The Labute approximate surface area is 112 Å². The van der Waals surface area contributed by atoms with E-state index in [4.69, 9.17) is 4.74 Å². The van der Waals surface area contributed by atoms with Gasteiger partial charge in [0.15, 0.2) is 0 Å². The monoisotopic (exact) mass is 264 g/mol. The van der Waals surface area contributed by atoms with Gasteiger partial charge in [0.25, 0.3) is 0 Å². The summed E-state index contributed by atoms with van der Waals surface area (Å²) < 4.78 is 5.19. The largest absolute Gasteiger partial charge is 0.459 e. The van der Waals surface area contributed by atoms with Crippen LogP contribution >= 0.6 is 0 Å². The zero-order chi connectivity index (χ0) is 14.5. The first kappa shape index (κ1) is 15.3. The number of carbonyl (C=O) groups is 1. The van der Waals surface area contributed by atoms with E-state index in [0.29, 0.717) is 0 Å². The van der Waals surface area contributed by atoms with Crippen molar-refractivity contribution in [3.05, 3.63) is 35.4 Å². The molecule has 1 aromatic rings. The van der Waals surface area contributed by atoms with Crippen LogP contribution in [0.1, 0.15) is 43.1 Å². The van der Waals surface area contributed by atoms with Gasteiger partial charge < -0.3 is 4.74 Å². The van der Waals surface area contributed by atoms with E-state index in [-0.39, 0.29) is 17.5 Å².